The average molecular weight is 388 g/mol. The summed E-state index contributed by atoms with van der Waals surface area (Å²) in [7, 11) is 1.73. The average Bonchev–Trinajstić information content (AvgIpc) is 2.94. The molecule has 0 saturated heterocycles. The lowest BCUT2D eigenvalue weighted by molar-refractivity contribution is 0.626. The van der Waals surface area contributed by atoms with E-state index in [0.717, 1.165) is 21.2 Å². The van der Waals surface area contributed by atoms with Crippen molar-refractivity contribution in [2.45, 2.75) is 20.0 Å². The number of hydrogen-bond donors (Lipinski definition) is 0. The van der Waals surface area contributed by atoms with E-state index in [1.165, 1.54) is 6.07 Å². The predicted octanol–water partition coefficient (Wildman–Crippen LogP) is 3.66. The number of halogens is 2. The normalized spacial score (nSPS) is 13.6. The van der Waals surface area contributed by atoms with Crippen LogP contribution in [-0.2, 0) is 20.1 Å². The number of nitrogens with zero attached hydrogens (tertiary/aromatic N) is 3. The van der Waals surface area contributed by atoms with E-state index < -0.39 is 0 Å². The Kier molecular flexibility index (Phi) is 3.46. The molecule has 6 heteroatoms. The van der Waals surface area contributed by atoms with Gasteiger partial charge in [0.15, 0.2) is 0 Å². The Morgan fingerprint density at radius 1 is 1.17 bits per heavy atom. The molecule has 0 fully saturated rings. The molecule has 3 aromatic rings. The summed E-state index contributed by atoms with van der Waals surface area (Å²) in [6.07, 6.45) is 0. The van der Waals surface area contributed by atoms with Crippen molar-refractivity contribution >= 4 is 32.8 Å². The maximum atomic E-state index is 13.4. The molecule has 4 nitrogen and oxygen atoms in total. The van der Waals surface area contributed by atoms with Gasteiger partial charge in [-0.1, -0.05) is 6.07 Å². The van der Waals surface area contributed by atoms with Crippen LogP contribution in [0.1, 0.15) is 16.7 Å². The molecule has 2 heterocycles. The lowest BCUT2D eigenvalue weighted by Crippen LogP contribution is -2.28. The number of benzene rings is 2. The minimum absolute atomic E-state index is 0.0819. The molecular weight excluding hydrogens is 373 g/mol. The Hall–Kier alpha value is -2.21. The third-order valence-electron chi connectivity index (χ3n) is 4.43. The van der Waals surface area contributed by atoms with Gasteiger partial charge in [0.1, 0.15) is 5.82 Å². The van der Waals surface area contributed by atoms with E-state index in [4.69, 9.17) is 4.98 Å². The van der Waals surface area contributed by atoms with Crippen LogP contribution in [-0.4, -0.2) is 9.55 Å². The third kappa shape index (κ3) is 2.33. The van der Waals surface area contributed by atoms with Crippen LogP contribution in [0.15, 0.2) is 39.6 Å². The van der Waals surface area contributed by atoms with E-state index >= 15 is 0 Å². The van der Waals surface area contributed by atoms with Crippen LogP contribution in [0.5, 0.6) is 0 Å². The van der Waals surface area contributed by atoms with Gasteiger partial charge in [0, 0.05) is 24.6 Å². The smallest absolute Gasteiger partial charge is 0.262 e. The summed E-state index contributed by atoms with van der Waals surface area (Å²) in [5.41, 5.74) is 3.58. The first-order valence-corrected chi connectivity index (χ1v) is 8.42. The molecule has 4 rings (SSSR count). The SMILES string of the molecule is Cc1cc(Br)c2nc(N3Cc4ccc(F)cc4C3)n(C)c(=O)c2c1. The van der Waals surface area contributed by atoms with Gasteiger partial charge < -0.3 is 4.90 Å². The predicted molar refractivity (Wildman–Crippen MR) is 95.7 cm³/mol. The van der Waals surface area contributed by atoms with Crippen LogP contribution in [0.2, 0.25) is 0 Å². The van der Waals surface area contributed by atoms with Crippen LogP contribution in [0.25, 0.3) is 10.9 Å². The molecule has 0 spiro atoms. The zero-order valence-electron chi connectivity index (χ0n) is 13.3. The quantitative estimate of drug-likeness (QED) is 0.639. The molecule has 2 aromatic carbocycles. The first-order chi connectivity index (χ1) is 11.4. The van der Waals surface area contributed by atoms with E-state index in [1.54, 1.807) is 23.7 Å². The summed E-state index contributed by atoms with van der Waals surface area (Å²) in [6.45, 7) is 3.11. The number of anilines is 1. The van der Waals surface area contributed by atoms with Crippen molar-refractivity contribution in [2.75, 3.05) is 4.90 Å². The van der Waals surface area contributed by atoms with Crippen LogP contribution < -0.4 is 10.5 Å². The second-order valence-corrected chi connectivity index (χ2v) is 7.04. The zero-order valence-corrected chi connectivity index (χ0v) is 14.9. The minimum atomic E-state index is -0.242. The maximum absolute atomic E-state index is 13.4. The molecule has 1 aliphatic heterocycles. The summed E-state index contributed by atoms with van der Waals surface area (Å²) >= 11 is 3.51. The second kappa shape index (κ2) is 5.41. The van der Waals surface area contributed by atoms with E-state index in [1.807, 2.05) is 24.0 Å². The zero-order chi connectivity index (χ0) is 17.0. The molecule has 0 bridgehead atoms. The van der Waals surface area contributed by atoms with Crippen molar-refractivity contribution in [2.24, 2.45) is 7.05 Å². The van der Waals surface area contributed by atoms with Gasteiger partial charge in [-0.05, 0) is 63.8 Å². The highest BCUT2D eigenvalue weighted by atomic mass is 79.9. The Bertz CT molecular complexity index is 1040. The number of aryl methyl sites for hydroxylation is 1. The van der Waals surface area contributed by atoms with Crippen LogP contribution in [0.3, 0.4) is 0 Å². The van der Waals surface area contributed by atoms with Crippen LogP contribution in [0.4, 0.5) is 10.3 Å². The standard InChI is InChI=1S/C18H15BrFN3O/c1-10-5-14-16(15(19)6-10)21-18(22(2)17(14)24)23-8-11-3-4-13(20)7-12(11)9-23/h3-7H,8-9H2,1-2H3. The van der Waals surface area contributed by atoms with Gasteiger partial charge in [-0.15, -0.1) is 0 Å². The third-order valence-corrected chi connectivity index (χ3v) is 5.03. The largest absolute Gasteiger partial charge is 0.333 e. The van der Waals surface area contributed by atoms with Gasteiger partial charge in [-0.2, -0.15) is 0 Å². The van der Waals surface area contributed by atoms with Gasteiger partial charge in [-0.3, -0.25) is 9.36 Å². The van der Waals surface area contributed by atoms with Crippen LogP contribution in [0, 0.1) is 12.7 Å². The van der Waals surface area contributed by atoms with Gasteiger partial charge >= 0.3 is 0 Å². The fourth-order valence-corrected chi connectivity index (χ4v) is 3.91. The molecule has 122 valence electrons. The van der Waals surface area contributed by atoms with Crippen molar-refractivity contribution in [1.29, 1.82) is 0 Å². The van der Waals surface area contributed by atoms with Crippen molar-refractivity contribution in [3.8, 4) is 0 Å². The molecule has 0 radical (unpaired) electrons. The van der Waals surface area contributed by atoms with Crippen molar-refractivity contribution < 1.29 is 4.39 Å². The number of aromatic nitrogens is 2. The first-order valence-electron chi connectivity index (χ1n) is 7.63. The summed E-state index contributed by atoms with van der Waals surface area (Å²) in [4.78, 5) is 19.5. The lowest BCUT2D eigenvalue weighted by Gasteiger charge is -2.20. The Labute approximate surface area is 146 Å². The number of fused-ring (bicyclic) bond motifs is 2. The van der Waals surface area contributed by atoms with E-state index in [-0.39, 0.29) is 11.4 Å². The van der Waals surface area contributed by atoms with E-state index in [9.17, 15) is 9.18 Å². The van der Waals surface area contributed by atoms with E-state index in [2.05, 4.69) is 15.9 Å². The second-order valence-electron chi connectivity index (χ2n) is 6.19. The molecule has 0 unspecified atom stereocenters. The molecule has 1 aromatic heterocycles. The van der Waals surface area contributed by atoms with E-state index in [0.29, 0.717) is 29.9 Å². The van der Waals surface area contributed by atoms with Crippen molar-refractivity contribution in [1.82, 2.24) is 9.55 Å². The van der Waals surface area contributed by atoms with Gasteiger partial charge in [0.05, 0.1) is 10.9 Å². The minimum Gasteiger partial charge on any atom is -0.333 e. The molecule has 0 N–H and O–H groups in total. The highest BCUT2D eigenvalue weighted by molar-refractivity contribution is 9.10. The summed E-state index contributed by atoms with van der Waals surface area (Å²) < 4.78 is 15.8. The molecule has 0 atom stereocenters. The molecule has 0 amide bonds. The molecule has 24 heavy (non-hydrogen) atoms. The monoisotopic (exact) mass is 387 g/mol. The first kappa shape index (κ1) is 15.3. The molecular formula is C18H15BrFN3O. The number of rotatable bonds is 1. The molecule has 0 aliphatic carbocycles. The summed E-state index contributed by atoms with van der Waals surface area (Å²) in [5, 5.41) is 0.593. The summed E-state index contributed by atoms with van der Waals surface area (Å²) in [6, 6.07) is 8.62. The Balaban J connectivity index is 1.87. The van der Waals surface area contributed by atoms with Crippen molar-refractivity contribution in [3.05, 3.63) is 67.7 Å². The highest BCUT2D eigenvalue weighted by Crippen LogP contribution is 2.29. The lowest BCUT2D eigenvalue weighted by atomic mass is 10.1. The fraction of sp³-hybridized carbons (Fsp3) is 0.222. The topological polar surface area (TPSA) is 38.1 Å². The summed E-state index contributed by atoms with van der Waals surface area (Å²) in [5.74, 6) is 0.350. The fourth-order valence-electron chi connectivity index (χ4n) is 3.25. The van der Waals surface area contributed by atoms with Gasteiger partial charge in [0.25, 0.3) is 5.56 Å². The van der Waals surface area contributed by atoms with Crippen LogP contribution >= 0.6 is 15.9 Å². The van der Waals surface area contributed by atoms with Gasteiger partial charge in [0.2, 0.25) is 5.95 Å². The molecule has 0 saturated carbocycles. The highest BCUT2D eigenvalue weighted by Gasteiger charge is 2.24. The molecule has 1 aliphatic rings. The van der Waals surface area contributed by atoms with Crippen molar-refractivity contribution in [3.63, 3.8) is 0 Å². The Morgan fingerprint density at radius 3 is 2.71 bits per heavy atom. The van der Waals surface area contributed by atoms with Gasteiger partial charge in [-0.25, -0.2) is 9.37 Å². The maximum Gasteiger partial charge on any atom is 0.262 e. The number of hydrogen-bond acceptors (Lipinski definition) is 3. The Morgan fingerprint density at radius 2 is 1.92 bits per heavy atom.